The zero-order valence-corrected chi connectivity index (χ0v) is 12.5. The van der Waals surface area contributed by atoms with Gasteiger partial charge >= 0.3 is 23.9 Å². The second-order valence-electron chi connectivity index (χ2n) is 4.39. The van der Waals surface area contributed by atoms with Gasteiger partial charge in [-0.25, -0.2) is 0 Å². The fourth-order valence-electron chi connectivity index (χ4n) is 1.76. The largest absolute Gasteiger partial charge is 0.463 e. The standard InChI is InChI=1S/C13H18O9/c1-6(14)18-5-10-11(19-7(2)15)12(20-8(3)16)13(22-10)21-9(4)17/h10-13H,5H2,1-4H3/t10-,11-,12-,13-/m1/s1/i5D2. The lowest BCUT2D eigenvalue weighted by atomic mass is 10.1. The Labute approximate surface area is 129 Å². The van der Waals surface area contributed by atoms with Gasteiger partial charge in [0.1, 0.15) is 12.7 Å². The maximum atomic E-state index is 11.3. The summed E-state index contributed by atoms with van der Waals surface area (Å²) in [7, 11) is 0. The molecule has 0 unspecified atom stereocenters. The molecule has 0 aromatic rings. The molecule has 9 nitrogen and oxygen atoms in total. The SMILES string of the molecule is [2H]C([2H])(OC(C)=O)[C@H]1O[C@@H](OC(C)=O)[C@H](OC(C)=O)[C@@H]1OC(C)=O. The van der Waals surface area contributed by atoms with E-state index in [1.54, 1.807) is 0 Å². The summed E-state index contributed by atoms with van der Waals surface area (Å²) in [5.74, 6) is -3.38. The zero-order valence-electron chi connectivity index (χ0n) is 14.5. The molecule has 0 aromatic carbocycles. The van der Waals surface area contributed by atoms with Crippen LogP contribution in [0.3, 0.4) is 0 Å². The van der Waals surface area contributed by atoms with Crippen molar-refractivity contribution >= 4 is 23.9 Å². The van der Waals surface area contributed by atoms with Crippen LogP contribution in [0.1, 0.15) is 30.4 Å². The van der Waals surface area contributed by atoms with Crippen LogP contribution in [0.25, 0.3) is 0 Å². The lowest BCUT2D eigenvalue weighted by molar-refractivity contribution is -0.197. The normalized spacial score (nSPS) is 28.9. The van der Waals surface area contributed by atoms with Crippen LogP contribution in [0.15, 0.2) is 0 Å². The highest BCUT2D eigenvalue weighted by atomic mass is 16.8. The first kappa shape index (κ1) is 14.8. The molecule has 1 aliphatic rings. The Morgan fingerprint density at radius 3 is 1.82 bits per heavy atom. The summed E-state index contributed by atoms with van der Waals surface area (Å²) in [5, 5.41) is 0. The molecular formula is C13H18O9. The molecule has 1 fully saturated rings. The van der Waals surface area contributed by atoms with Gasteiger partial charge in [0.15, 0.2) is 6.10 Å². The van der Waals surface area contributed by atoms with Crippen molar-refractivity contribution in [2.75, 3.05) is 6.56 Å². The van der Waals surface area contributed by atoms with E-state index in [1.165, 1.54) is 0 Å². The van der Waals surface area contributed by atoms with Crippen molar-refractivity contribution in [1.29, 1.82) is 0 Å². The van der Waals surface area contributed by atoms with Crippen LogP contribution in [0.2, 0.25) is 0 Å². The number of hydrogen-bond donors (Lipinski definition) is 0. The summed E-state index contributed by atoms with van der Waals surface area (Å²) < 4.78 is 40.1. The summed E-state index contributed by atoms with van der Waals surface area (Å²) in [6, 6.07) is 0. The molecule has 1 aliphatic heterocycles. The van der Waals surface area contributed by atoms with Gasteiger partial charge in [0.05, 0.1) is 2.74 Å². The van der Waals surface area contributed by atoms with E-state index in [2.05, 4.69) is 4.74 Å². The van der Waals surface area contributed by atoms with Gasteiger partial charge in [-0.05, 0) is 0 Å². The van der Waals surface area contributed by atoms with Crippen LogP contribution in [0, 0.1) is 0 Å². The lowest BCUT2D eigenvalue weighted by Crippen LogP contribution is -2.42. The minimum atomic E-state index is -2.74. The number of esters is 4. The summed E-state index contributed by atoms with van der Waals surface area (Å²) in [4.78, 5) is 44.8. The smallest absolute Gasteiger partial charge is 0.305 e. The molecule has 124 valence electrons. The van der Waals surface area contributed by atoms with Crippen LogP contribution in [-0.2, 0) is 42.9 Å². The Balaban J connectivity index is 3.19. The van der Waals surface area contributed by atoms with Gasteiger partial charge in [-0.15, -0.1) is 0 Å². The fraction of sp³-hybridized carbons (Fsp3) is 0.692. The van der Waals surface area contributed by atoms with E-state index in [9.17, 15) is 19.2 Å². The van der Waals surface area contributed by atoms with Crippen LogP contribution >= 0.6 is 0 Å². The maximum absolute atomic E-state index is 11.3. The molecule has 9 heteroatoms. The number of hydrogen-bond acceptors (Lipinski definition) is 9. The second-order valence-corrected chi connectivity index (χ2v) is 4.39. The van der Waals surface area contributed by atoms with Crippen LogP contribution in [-0.4, -0.2) is 55.0 Å². The average molecular weight is 320 g/mol. The van der Waals surface area contributed by atoms with Crippen molar-refractivity contribution in [3.05, 3.63) is 0 Å². The quantitative estimate of drug-likeness (QED) is 0.497. The first-order valence-corrected chi connectivity index (χ1v) is 6.30. The van der Waals surface area contributed by atoms with E-state index in [0.717, 1.165) is 27.7 Å². The predicted molar refractivity (Wildman–Crippen MR) is 68.2 cm³/mol. The Bertz CT molecular complexity index is 534. The van der Waals surface area contributed by atoms with Gasteiger partial charge in [-0.1, -0.05) is 0 Å². The van der Waals surface area contributed by atoms with E-state index in [4.69, 9.17) is 21.7 Å². The minimum Gasteiger partial charge on any atom is -0.463 e. The summed E-state index contributed by atoms with van der Waals surface area (Å²) in [5.41, 5.74) is 0. The molecule has 0 saturated carbocycles. The molecule has 0 aromatic heterocycles. The molecule has 0 radical (unpaired) electrons. The summed E-state index contributed by atoms with van der Waals surface area (Å²) >= 11 is 0. The molecule has 1 heterocycles. The van der Waals surface area contributed by atoms with Crippen LogP contribution < -0.4 is 0 Å². The Morgan fingerprint density at radius 2 is 1.36 bits per heavy atom. The number of rotatable bonds is 5. The lowest BCUT2D eigenvalue weighted by Gasteiger charge is -2.22. The highest BCUT2D eigenvalue weighted by Crippen LogP contribution is 2.28. The highest BCUT2D eigenvalue weighted by Gasteiger charge is 2.51. The van der Waals surface area contributed by atoms with Crippen LogP contribution in [0.5, 0.6) is 0 Å². The van der Waals surface area contributed by atoms with Crippen molar-refractivity contribution < 1.29 is 45.6 Å². The van der Waals surface area contributed by atoms with Crippen LogP contribution in [0.4, 0.5) is 0 Å². The van der Waals surface area contributed by atoms with Crippen molar-refractivity contribution in [1.82, 2.24) is 0 Å². The van der Waals surface area contributed by atoms with Gasteiger partial charge in [0, 0.05) is 27.7 Å². The highest BCUT2D eigenvalue weighted by molar-refractivity contribution is 5.68. The van der Waals surface area contributed by atoms with E-state index < -0.39 is 55.0 Å². The van der Waals surface area contributed by atoms with E-state index in [-0.39, 0.29) is 0 Å². The maximum Gasteiger partial charge on any atom is 0.305 e. The molecular weight excluding hydrogens is 300 g/mol. The number of carbonyl (C=O) groups is 4. The second kappa shape index (κ2) is 7.74. The van der Waals surface area contributed by atoms with Gasteiger partial charge in [-0.3, -0.25) is 19.2 Å². The molecule has 4 atom stereocenters. The number of carbonyl (C=O) groups excluding carboxylic acids is 4. The average Bonchev–Trinajstić information content (AvgIpc) is 2.65. The molecule has 1 rings (SSSR count). The van der Waals surface area contributed by atoms with Crippen molar-refractivity contribution in [3.8, 4) is 0 Å². The third-order valence-electron chi connectivity index (χ3n) is 2.38. The molecule has 1 saturated heterocycles. The van der Waals surface area contributed by atoms with E-state index >= 15 is 0 Å². The summed E-state index contributed by atoms with van der Waals surface area (Å²) in [6.07, 6.45) is -6.14. The van der Waals surface area contributed by atoms with Crippen molar-refractivity contribution in [3.63, 3.8) is 0 Å². The fourth-order valence-corrected chi connectivity index (χ4v) is 1.76. The molecule has 0 amide bonds. The molecule has 0 bridgehead atoms. The topological polar surface area (TPSA) is 114 Å². The Kier molecular flexibility index (Phi) is 5.19. The molecule has 0 N–H and O–H groups in total. The number of ether oxygens (including phenoxy) is 5. The molecule has 0 aliphatic carbocycles. The Hall–Kier alpha value is -2.16. The third kappa shape index (κ3) is 5.32. The summed E-state index contributed by atoms with van der Waals surface area (Å²) in [6.45, 7) is 1.40. The van der Waals surface area contributed by atoms with E-state index in [0.29, 0.717) is 0 Å². The zero-order chi connectivity index (χ0) is 18.7. The third-order valence-corrected chi connectivity index (χ3v) is 2.38. The van der Waals surface area contributed by atoms with Gasteiger partial charge in [0.2, 0.25) is 12.4 Å². The monoisotopic (exact) mass is 320 g/mol. The van der Waals surface area contributed by atoms with Crippen molar-refractivity contribution in [2.45, 2.75) is 52.3 Å². The van der Waals surface area contributed by atoms with E-state index in [1.807, 2.05) is 0 Å². The molecule has 22 heavy (non-hydrogen) atoms. The first-order valence-electron chi connectivity index (χ1n) is 7.30. The van der Waals surface area contributed by atoms with Gasteiger partial charge < -0.3 is 23.7 Å². The van der Waals surface area contributed by atoms with Gasteiger partial charge in [0.25, 0.3) is 0 Å². The van der Waals surface area contributed by atoms with Gasteiger partial charge in [-0.2, -0.15) is 0 Å². The van der Waals surface area contributed by atoms with Crippen molar-refractivity contribution in [2.24, 2.45) is 0 Å². The predicted octanol–water partition coefficient (Wildman–Crippen LogP) is -0.299. The Morgan fingerprint density at radius 1 is 0.864 bits per heavy atom. The molecule has 0 spiro atoms. The minimum absolute atomic E-state index is 0.799. The first-order chi connectivity index (χ1) is 10.9.